The van der Waals surface area contributed by atoms with E-state index < -0.39 is 28.7 Å². The van der Waals surface area contributed by atoms with E-state index in [2.05, 4.69) is 0 Å². The summed E-state index contributed by atoms with van der Waals surface area (Å²) in [6.07, 6.45) is 2.95. The Kier molecular flexibility index (Phi) is 6.41. The zero-order chi connectivity index (χ0) is 21.7. The fourth-order valence-electron chi connectivity index (χ4n) is 3.08. The number of nitrogens with zero attached hydrogens (tertiary/aromatic N) is 3. The van der Waals surface area contributed by atoms with Crippen LogP contribution in [0.15, 0.2) is 52.5 Å². The van der Waals surface area contributed by atoms with Crippen LogP contribution in [-0.2, 0) is 16.0 Å². The molecule has 0 unspecified atom stereocenters. The van der Waals surface area contributed by atoms with E-state index in [1.54, 1.807) is 0 Å². The van der Waals surface area contributed by atoms with Crippen molar-refractivity contribution >= 4 is 29.8 Å². The quantitative estimate of drug-likeness (QED) is 0.285. The van der Waals surface area contributed by atoms with Crippen molar-refractivity contribution in [2.24, 2.45) is 0 Å². The highest BCUT2D eigenvalue weighted by Gasteiger charge is 2.41. The molecule has 2 heterocycles. The molecule has 1 fully saturated rings. The fourth-order valence-corrected chi connectivity index (χ4v) is 3.08. The predicted molar refractivity (Wildman–Crippen MR) is 107 cm³/mol. The highest BCUT2D eigenvalue weighted by molar-refractivity contribution is 6.30. The van der Waals surface area contributed by atoms with Crippen molar-refractivity contribution in [3.63, 3.8) is 0 Å². The number of benzene rings is 1. The smallest absolute Gasteiger partial charge is 0.401 e. The van der Waals surface area contributed by atoms with Crippen LogP contribution >= 0.6 is 0 Å². The third kappa shape index (κ3) is 4.45. The lowest BCUT2D eigenvalue weighted by molar-refractivity contribution is -0.402. The third-order valence-corrected chi connectivity index (χ3v) is 4.69. The van der Waals surface area contributed by atoms with E-state index in [4.69, 9.17) is 4.42 Å². The van der Waals surface area contributed by atoms with Gasteiger partial charge in [-0.2, -0.15) is 0 Å². The van der Waals surface area contributed by atoms with Crippen molar-refractivity contribution in [3.05, 3.63) is 69.5 Å². The van der Waals surface area contributed by atoms with Crippen LogP contribution < -0.4 is 0 Å². The Labute approximate surface area is 172 Å². The lowest BCUT2D eigenvalue weighted by Gasteiger charge is -2.34. The first-order valence-electron chi connectivity index (χ1n) is 9.60. The van der Waals surface area contributed by atoms with Gasteiger partial charge in [-0.1, -0.05) is 43.7 Å². The number of furan rings is 1. The van der Waals surface area contributed by atoms with Crippen LogP contribution in [0.5, 0.6) is 0 Å². The Morgan fingerprint density at radius 1 is 1.00 bits per heavy atom. The van der Waals surface area contributed by atoms with Crippen molar-refractivity contribution in [1.29, 1.82) is 0 Å². The van der Waals surface area contributed by atoms with Crippen molar-refractivity contribution in [1.82, 2.24) is 9.80 Å². The first-order valence-corrected chi connectivity index (χ1v) is 9.60. The molecule has 156 valence electrons. The summed E-state index contributed by atoms with van der Waals surface area (Å²) in [5.41, 5.74) is 0.685. The van der Waals surface area contributed by atoms with E-state index in [0.717, 1.165) is 33.9 Å². The lowest BCUT2D eigenvalue weighted by atomic mass is 10.1. The molecular weight excluding hydrogens is 390 g/mol. The standard InChI is InChI=1S/C21H21N3O6/c1-2-3-12-22-19(25)17(14-16-9-10-18(30-16)24(28)29)20(26)23(21(22)27)13-11-15-7-5-4-6-8-15/h4-10,14H,2-3,11-13H2,1H3/b17-14+. The molecule has 0 bridgehead atoms. The number of hydrogen-bond acceptors (Lipinski definition) is 6. The fraction of sp³-hybridized carbons (Fsp3) is 0.286. The highest BCUT2D eigenvalue weighted by Crippen LogP contribution is 2.24. The second-order valence-corrected chi connectivity index (χ2v) is 6.78. The molecule has 0 N–H and O–H groups in total. The molecular formula is C21H21N3O6. The Morgan fingerprint density at radius 2 is 1.67 bits per heavy atom. The molecule has 0 aliphatic carbocycles. The number of rotatable bonds is 8. The summed E-state index contributed by atoms with van der Waals surface area (Å²) in [7, 11) is 0. The van der Waals surface area contributed by atoms with E-state index in [0.29, 0.717) is 12.8 Å². The molecule has 9 heteroatoms. The van der Waals surface area contributed by atoms with Gasteiger partial charge in [-0.15, -0.1) is 0 Å². The van der Waals surface area contributed by atoms with E-state index in [-0.39, 0.29) is 24.4 Å². The summed E-state index contributed by atoms with van der Waals surface area (Å²) in [4.78, 5) is 50.8. The van der Waals surface area contributed by atoms with Crippen LogP contribution in [0.1, 0.15) is 31.1 Å². The zero-order valence-electron chi connectivity index (χ0n) is 16.4. The molecule has 1 aromatic carbocycles. The van der Waals surface area contributed by atoms with Gasteiger partial charge >= 0.3 is 11.9 Å². The average molecular weight is 411 g/mol. The molecule has 0 spiro atoms. The minimum absolute atomic E-state index is 0.00815. The molecule has 1 saturated heterocycles. The number of barbiturate groups is 1. The molecule has 0 saturated carbocycles. The summed E-state index contributed by atoms with van der Waals surface area (Å²) in [6.45, 7) is 2.21. The normalized spacial score (nSPS) is 15.9. The summed E-state index contributed by atoms with van der Waals surface area (Å²) in [5.74, 6) is -1.98. The maximum absolute atomic E-state index is 12.9. The lowest BCUT2D eigenvalue weighted by Crippen LogP contribution is -2.56. The largest absolute Gasteiger partial charge is 0.433 e. The van der Waals surface area contributed by atoms with Gasteiger partial charge in [0.2, 0.25) is 0 Å². The number of amides is 4. The summed E-state index contributed by atoms with van der Waals surface area (Å²) >= 11 is 0. The second-order valence-electron chi connectivity index (χ2n) is 6.78. The van der Waals surface area contributed by atoms with Crippen LogP contribution in [-0.4, -0.2) is 45.7 Å². The van der Waals surface area contributed by atoms with Gasteiger partial charge in [0, 0.05) is 13.1 Å². The van der Waals surface area contributed by atoms with Gasteiger partial charge in [-0.05, 0) is 30.5 Å². The van der Waals surface area contributed by atoms with E-state index in [9.17, 15) is 24.5 Å². The summed E-state index contributed by atoms with van der Waals surface area (Å²) < 4.78 is 5.05. The van der Waals surface area contributed by atoms with Gasteiger partial charge < -0.3 is 4.42 Å². The predicted octanol–water partition coefficient (Wildman–Crippen LogP) is 3.40. The van der Waals surface area contributed by atoms with E-state index in [1.165, 1.54) is 6.07 Å². The molecule has 1 aliphatic heterocycles. The molecule has 4 amide bonds. The summed E-state index contributed by atoms with van der Waals surface area (Å²) in [5, 5.41) is 10.8. The third-order valence-electron chi connectivity index (χ3n) is 4.69. The number of nitro groups is 1. The van der Waals surface area contributed by atoms with Gasteiger partial charge in [-0.3, -0.25) is 29.5 Å². The van der Waals surface area contributed by atoms with Crippen LogP contribution in [0.4, 0.5) is 10.7 Å². The van der Waals surface area contributed by atoms with Crippen molar-refractivity contribution in [2.75, 3.05) is 13.1 Å². The second kappa shape index (κ2) is 9.17. The van der Waals surface area contributed by atoms with Gasteiger partial charge in [0.1, 0.15) is 16.3 Å². The maximum Gasteiger partial charge on any atom is 0.433 e. The molecule has 1 aliphatic rings. The Balaban J connectivity index is 1.90. The summed E-state index contributed by atoms with van der Waals surface area (Å²) in [6, 6.07) is 11.1. The Hall–Kier alpha value is -3.75. The number of carbonyl (C=O) groups is 3. The molecule has 0 atom stereocenters. The maximum atomic E-state index is 12.9. The number of imide groups is 2. The molecule has 30 heavy (non-hydrogen) atoms. The van der Waals surface area contributed by atoms with E-state index >= 15 is 0 Å². The number of carbonyl (C=O) groups excluding carboxylic acids is 3. The van der Waals surface area contributed by atoms with Gasteiger partial charge in [0.25, 0.3) is 11.8 Å². The molecule has 9 nitrogen and oxygen atoms in total. The topological polar surface area (TPSA) is 114 Å². The van der Waals surface area contributed by atoms with Gasteiger partial charge in [0.15, 0.2) is 0 Å². The van der Waals surface area contributed by atoms with Crippen molar-refractivity contribution in [2.45, 2.75) is 26.2 Å². The van der Waals surface area contributed by atoms with Crippen LogP contribution in [0.3, 0.4) is 0 Å². The SMILES string of the molecule is CCCCN1C(=O)/C(=C\c2ccc([N+](=O)[O-])o2)C(=O)N(CCc2ccccc2)C1=O. The first-order chi connectivity index (χ1) is 14.4. The van der Waals surface area contributed by atoms with Crippen molar-refractivity contribution in [3.8, 4) is 0 Å². The van der Waals surface area contributed by atoms with Crippen LogP contribution in [0, 0.1) is 10.1 Å². The van der Waals surface area contributed by atoms with Crippen LogP contribution in [0.2, 0.25) is 0 Å². The monoisotopic (exact) mass is 411 g/mol. The number of hydrogen-bond donors (Lipinski definition) is 0. The van der Waals surface area contributed by atoms with E-state index in [1.807, 2.05) is 37.3 Å². The zero-order valence-corrected chi connectivity index (χ0v) is 16.4. The number of urea groups is 1. The molecule has 1 aromatic heterocycles. The minimum atomic E-state index is -0.743. The average Bonchev–Trinajstić information content (AvgIpc) is 3.21. The molecule has 3 rings (SSSR count). The number of unbranched alkanes of at least 4 members (excludes halogenated alkanes) is 1. The van der Waals surface area contributed by atoms with Crippen molar-refractivity contribution < 1.29 is 23.7 Å². The highest BCUT2D eigenvalue weighted by atomic mass is 16.6. The molecule has 2 aromatic rings. The van der Waals surface area contributed by atoms with Crippen LogP contribution in [0.25, 0.3) is 6.08 Å². The Morgan fingerprint density at radius 3 is 2.27 bits per heavy atom. The Bertz CT molecular complexity index is 995. The first kappa shape index (κ1) is 21.0. The van der Waals surface area contributed by atoms with Gasteiger partial charge in [-0.25, -0.2) is 4.79 Å². The van der Waals surface area contributed by atoms with Gasteiger partial charge in [0.05, 0.1) is 6.07 Å². The minimum Gasteiger partial charge on any atom is -0.401 e. The molecule has 0 radical (unpaired) electrons.